The third-order valence-electron chi connectivity index (χ3n) is 7.20. The molecule has 0 aromatic heterocycles. The van der Waals surface area contributed by atoms with Crippen molar-refractivity contribution in [2.75, 3.05) is 6.61 Å². The van der Waals surface area contributed by atoms with E-state index in [1.807, 2.05) is 0 Å². The minimum absolute atomic E-state index is 0.0586. The number of halogens is 1. The van der Waals surface area contributed by atoms with Gasteiger partial charge in [-0.15, -0.1) is 18.2 Å². The fraction of sp³-hybridized carbons (Fsp3) is 0.789. The van der Waals surface area contributed by atoms with Gasteiger partial charge in [0.05, 0.1) is 12.0 Å². The van der Waals surface area contributed by atoms with Gasteiger partial charge in [-0.2, -0.15) is 0 Å². The van der Waals surface area contributed by atoms with Crippen molar-refractivity contribution < 1.29 is 15.3 Å². The molecule has 4 heteroatoms. The maximum absolute atomic E-state index is 10.9. The van der Waals surface area contributed by atoms with Crippen LogP contribution in [-0.4, -0.2) is 39.0 Å². The lowest BCUT2D eigenvalue weighted by atomic mass is 9.47. The van der Waals surface area contributed by atoms with Gasteiger partial charge in [-0.05, 0) is 60.3 Å². The second-order valence-corrected chi connectivity index (χ2v) is 9.05. The number of allylic oxidation sites excluding steroid dienone is 2. The number of hydrogen-bond donors (Lipinski definition) is 3. The van der Waals surface area contributed by atoms with Crippen molar-refractivity contribution in [2.45, 2.75) is 63.0 Å². The van der Waals surface area contributed by atoms with Crippen LogP contribution in [0.25, 0.3) is 0 Å². The number of hydrogen-bond acceptors (Lipinski definition) is 3. The lowest BCUT2D eigenvalue weighted by Crippen LogP contribution is -2.61. The molecule has 0 bridgehead atoms. The van der Waals surface area contributed by atoms with Crippen LogP contribution in [0.15, 0.2) is 24.3 Å². The van der Waals surface area contributed by atoms with Crippen LogP contribution < -0.4 is 0 Å². The molecule has 3 aliphatic rings. The molecule has 3 nitrogen and oxygen atoms in total. The van der Waals surface area contributed by atoms with E-state index in [0.29, 0.717) is 12.3 Å². The smallest absolute Gasteiger partial charge is 0.136 e. The van der Waals surface area contributed by atoms with E-state index in [0.717, 1.165) is 31.3 Å². The first kappa shape index (κ1) is 17.5. The molecule has 0 heterocycles. The molecule has 3 rings (SSSR count). The number of alkyl halides is 1. The second-order valence-electron chi connectivity index (χ2n) is 8.49. The van der Waals surface area contributed by atoms with E-state index < -0.39 is 23.7 Å². The van der Waals surface area contributed by atoms with Crippen molar-refractivity contribution in [1.29, 1.82) is 0 Å². The van der Waals surface area contributed by atoms with E-state index >= 15 is 0 Å². The van der Waals surface area contributed by atoms with Gasteiger partial charge in [-0.3, -0.25) is 0 Å². The van der Waals surface area contributed by atoms with E-state index in [1.54, 1.807) is 0 Å². The topological polar surface area (TPSA) is 60.7 Å². The van der Waals surface area contributed by atoms with Gasteiger partial charge in [0.2, 0.25) is 0 Å². The first-order valence-corrected chi connectivity index (χ1v) is 9.13. The third-order valence-corrected chi connectivity index (χ3v) is 7.62. The summed E-state index contributed by atoms with van der Waals surface area (Å²) in [7, 11) is 0. The van der Waals surface area contributed by atoms with Crippen molar-refractivity contribution in [2.24, 2.45) is 22.7 Å². The quantitative estimate of drug-likeness (QED) is 0.535. The number of aliphatic hydroxyl groups excluding tert-OH is 2. The van der Waals surface area contributed by atoms with Gasteiger partial charge in [-0.1, -0.05) is 26.0 Å². The lowest BCUT2D eigenvalue weighted by molar-refractivity contribution is -0.123. The van der Waals surface area contributed by atoms with E-state index in [4.69, 9.17) is 11.6 Å². The summed E-state index contributed by atoms with van der Waals surface area (Å²) in [6.07, 6.45) is 7.82. The van der Waals surface area contributed by atoms with Crippen LogP contribution in [-0.2, 0) is 0 Å². The van der Waals surface area contributed by atoms with Crippen molar-refractivity contribution in [3.8, 4) is 0 Å². The molecule has 130 valence electrons. The highest BCUT2D eigenvalue weighted by molar-refractivity contribution is 6.21. The average Bonchev–Trinajstić information content (AvgIpc) is 2.54. The average molecular weight is 341 g/mol. The van der Waals surface area contributed by atoms with Crippen molar-refractivity contribution >= 4 is 11.6 Å². The van der Waals surface area contributed by atoms with Gasteiger partial charge < -0.3 is 15.3 Å². The lowest BCUT2D eigenvalue weighted by Gasteiger charge is -2.59. The Balaban J connectivity index is 2.00. The number of aliphatic hydroxyl groups is 3. The van der Waals surface area contributed by atoms with Crippen LogP contribution in [0.2, 0.25) is 0 Å². The van der Waals surface area contributed by atoms with Gasteiger partial charge in [0.1, 0.15) is 11.7 Å². The van der Waals surface area contributed by atoms with E-state index in [1.165, 1.54) is 0 Å². The standard InChI is InChI=1S/C19H29ClO3/c1-4-17(2)7-8-18(3)12(10-17)5-6-13-14(18)9-15(20)16(22)19(13,23)11-21/h4,6,12,14-16,21-23H,1,5,7-11H2,2-3H3/t12-,14-,15+,16-,17-,18-,19+/m0/s1. The normalized spacial score (nSPS) is 53.0. The summed E-state index contributed by atoms with van der Waals surface area (Å²) in [6.45, 7) is 8.11. The number of fused-ring (bicyclic) bond motifs is 3. The minimum Gasteiger partial charge on any atom is -0.393 e. The Morgan fingerprint density at radius 1 is 1.39 bits per heavy atom. The van der Waals surface area contributed by atoms with Crippen molar-refractivity contribution in [3.63, 3.8) is 0 Å². The largest absolute Gasteiger partial charge is 0.393 e. The highest BCUT2D eigenvalue weighted by Crippen LogP contribution is 2.62. The molecular weight excluding hydrogens is 312 g/mol. The van der Waals surface area contributed by atoms with Crippen molar-refractivity contribution in [3.05, 3.63) is 24.3 Å². The minimum atomic E-state index is -1.59. The summed E-state index contributed by atoms with van der Waals surface area (Å²) < 4.78 is 0. The van der Waals surface area contributed by atoms with Crippen molar-refractivity contribution in [1.82, 2.24) is 0 Å². The van der Waals surface area contributed by atoms with Crippen LogP contribution in [0.1, 0.15) is 46.0 Å². The molecule has 0 aromatic rings. The SMILES string of the molecule is C=C[C@@]1(C)CC[C@@]2(C)[C@@H](CC=C3[C@@H]2C[C@@H](Cl)[C@H](O)[C@@]3(O)CO)C1. The molecule has 3 aliphatic carbocycles. The Labute approximate surface area is 144 Å². The first-order chi connectivity index (χ1) is 10.7. The Morgan fingerprint density at radius 2 is 2.09 bits per heavy atom. The maximum Gasteiger partial charge on any atom is 0.136 e. The summed E-state index contributed by atoms with van der Waals surface area (Å²) in [5, 5.41) is 30.5. The monoisotopic (exact) mass is 340 g/mol. The van der Waals surface area contributed by atoms with Gasteiger partial charge in [0, 0.05) is 0 Å². The van der Waals surface area contributed by atoms with Crippen LogP contribution in [0.4, 0.5) is 0 Å². The predicted octanol–water partition coefficient (Wildman–Crippen LogP) is 3.03. The molecule has 0 unspecified atom stereocenters. The summed E-state index contributed by atoms with van der Waals surface area (Å²) in [5.74, 6) is 0.647. The fourth-order valence-electron chi connectivity index (χ4n) is 5.30. The van der Waals surface area contributed by atoms with E-state index in [2.05, 4.69) is 32.6 Å². The molecule has 7 atom stereocenters. The molecule has 0 aliphatic heterocycles. The molecule has 0 aromatic carbocycles. The highest BCUT2D eigenvalue weighted by atomic mass is 35.5. The first-order valence-electron chi connectivity index (χ1n) is 8.70. The zero-order valence-corrected chi connectivity index (χ0v) is 14.9. The van der Waals surface area contributed by atoms with Gasteiger partial charge in [0.15, 0.2) is 0 Å². The predicted molar refractivity (Wildman–Crippen MR) is 92.2 cm³/mol. The fourth-order valence-corrected chi connectivity index (χ4v) is 5.69. The summed E-state index contributed by atoms with van der Waals surface area (Å²) >= 11 is 6.36. The molecule has 0 spiro atoms. The molecule has 23 heavy (non-hydrogen) atoms. The third kappa shape index (κ3) is 2.43. The van der Waals surface area contributed by atoms with Gasteiger partial charge >= 0.3 is 0 Å². The van der Waals surface area contributed by atoms with E-state index in [-0.39, 0.29) is 16.7 Å². The second kappa shape index (κ2) is 5.59. The Kier molecular flexibility index (Phi) is 4.24. The van der Waals surface area contributed by atoms with Crippen LogP contribution >= 0.6 is 11.6 Å². The Morgan fingerprint density at radius 3 is 2.70 bits per heavy atom. The Hall–Kier alpha value is -0.350. The molecular formula is C19H29ClO3. The van der Waals surface area contributed by atoms with Gasteiger partial charge in [-0.25, -0.2) is 0 Å². The van der Waals surface area contributed by atoms with Crippen LogP contribution in [0, 0.1) is 22.7 Å². The molecule has 0 amide bonds. The number of rotatable bonds is 2. The van der Waals surface area contributed by atoms with Crippen LogP contribution in [0.3, 0.4) is 0 Å². The molecule has 3 N–H and O–H groups in total. The van der Waals surface area contributed by atoms with E-state index in [9.17, 15) is 15.3 Å². The summed E-state index contributed by atoms with van der Waals surface area (Å²) in [5.41, 5.74) is -0.548. The zero-order chi connectivity index (χ0) is 17.0. The maximum atomic E-state index is 10.9. The molecule has 2 fully saturated rings. The van der Waals surface area contributed by atoms with Gasteiger partial charge in [0.25, 0.3) is 0 Å². The Bertz CT molecular complexity index is 533. The molecule has 2 saturated carbocycles. The summed E-state index contributed by atoms with van der Waals surface area (Å²) in [4.78, 5) is 0. The zero-order valence-electron chi connectivity index (χ0n) is 14.1. The summed E-state index contributed by atoms with van der Waals surface area (Å²) in [6, 6.07) is 0. The molecule has 0 radical (unpaired) electrons. The molecule has 0 saturated heterocycles. The van der Waals surface area contributed by atoms with Crippen LogP contribution in [0.5, 0.6) is 0 Å². The highest BCUT2D eigenvalue weighted by Gasteiger charge is 2.59.